The van der Waals surface area contributed by atoms with E-state index < -0.39 is 0 Å². The van der Waals surface area contributed by atoms with Crippen molar-refractivity contribution in [2.24, 2.45) is 11.7 Å². The summed E-state index contributed by atoms with van der Waals surface area (Å²) >= 11 is 1.69. The molecule has 2 aromatic heterocycles. The Balaban J connectivity index is 2.02. The smallest absolute Gasteiger partial charge is 0.195 e. The van der Waals surface area contributed by atoms with Crippen LogP contribution in [0.2, 0.25) is 0 Å². The predicted molar refractivity (Wildman–Crippen MR) is 71.8 cm³/mol. The molecule has 0 aromatic carbocycles. The lowest BCUT2D eigenvalue weighted by molar-refractivity contribution is 0.658. The van der Waals surface area contributed by atoms with E-state index in [1.165, 1.54) is 12.1 Å². The average molecular weight is 250 g/mol. The fourth-order valence-electron chi connectivity index (χ4n) is 2.57. The van der Waals surface area contributed by atoms with Gasteiger partial charge in [-0.3, -0.25) is 4.40 Å². The van der Waals surface area contributed by atoms with E-state index >= 15 is 0 Å². The molecule has 0 spiro atoms. The van der Waals surface area contributed by atoms with Crippen LogP contribution in [0.1, 0.15) is 19.0 Å². The minimum atomic E-state index is 0.681. The highest BCUT2D eigenvalue weighted by Gasteiger charge is 2.24. The number of hydrogen-bond donors (Lipinski definition) is 1. The van der Waals surface area contributed by atoms with Crippen LogP contribution in [0, 0.1) is 5.92 Å². The van der Waals surface area contributed by atoms with Crippen molar-refractivity contribution < 1.29 is 0 Å². The number of aromatic nitrogens is 2. The van der Waals surface area contributed by atoms with Crippen LogP contribution in [0.4, 0.5) is 5.82 Å². The molecule has 17 heavy (non-hydrogen) atoms. The molecule has 0 radical (unpaired) electrons. The van der Waals surface area contributed by atoms with Crippen molar-refractivity contribution in [1.82, 2.24) is 9.38 Å². The summed E-state index contributed by atoms with van der Waals surface area (Å²) in [6.07, 6.45) is 4.27. The summed E-state index contributed by atoms with van der Waals surface area (Å²) in [5, 5.41) is 2.08. The van der Waals surface area contributed by atoms with E-state index in [1.807, 2.05) is 0 Å². The monoisotopic (exact) mass is 250 g/mol. The van der Waals surface area contributed by atoms with Crippen molar-refractivity contribution >= 4 is 22.1 Å². The first-order valence-electron chi connectivity index (χ1n) is 6.19. The summed E-state index contributed by atoms with van der Waals surface area (Å²) in [6, 6.07) is 0. The quantitative estimate of drug-likeness (QED) is 0.902. The second kappa shape index (κ2) is 4.31. The molecular formula is C12H18N4S. The highest BCUT2D eigenvalue weighted by molar-refractivity contribution is 7.15. The largest absolute Gasteiger partial charge is 0.355 e. The van der Waals surface area contributed by atoms with Gasteiger partial charge in [-0.2, -0.15) is 0 Å². The van der Waals surface area contributed by atoms with Crippen molar-refractivity contribution in [2.45, 2.75) is 19.8 Å². The van der Waals surface area contributed by atoms with Crippen LogP contribution in [0.25, 0.3) is 4.96 Å². The standard InChI is InChI=1S/C12H18N4S/c1-9-3-5-15(8-9)11-10(2-4-13)16-6-7-17-12(16)14-11/h6-7,9H,2-5,8,13H2,1H3. The molecule has 0 saturated carbocycles. The van der Waals surface area contributed by atoms with Gasteiger partial charge in [-0.05, 0) is 18.9 Å². The van der Waals surface area contributed by atoms with Gasteiger partial charge >= 0.3 is 0 Å². The molecule has 1 saturated heterocycles. The van der Waals surface area contributed by atoms with Crippen LogP contribution in [0.5, 0.6) is 0 Å². The first-order chi connectivity index (χ1) is 8.29. The summed E-state index contributed by atoms with van der Waals surface area (Å²) in [4.78, 5) is 8.26. The number of rotatable bonds is 3. The summed E-state index contributed by atoms with van der Waals surface area (Å²) in [6.45, 7) is 5.24. The van der Waals surface area contributed by atoms with Crippen molar-refractivity contribution in [3.8, 4) is 0 Å². The van der Waals surface area contributed by atoms with Crippen LogP contribution in [0.15, 0.2) is 11.6 Å². The van der Waals surface area contributed by atoms with E-state index in [1.54, 1.807) is 11.3 Å². The molecule has 3 rings (SSSR count). The minimum absolute atomic E-state index is 0.681. The van der Waals surface area contributed by atoms with Gasteiger partial charge in [0.15, 0.2) is 10.8 Å². The summed E-state index contributed by atoms with van der Waals surface area (Å²) in [5.74, 6) is 1.94. The van der Waals surface area contributed by atoms with Crippen LogP contribution in [0.3, 0.4) is 0 Å². The number of thiazole rings is 1. The van der Waals surface area contributed by atoms with Crippen LogP contribution in [-0.2, 0) is 6.42 Å². The Morgan fingerprint density at radius 1 is 1.59 bits per heavy atom. The van der Waals surface area contributed by atoms with E-state index in [2.05, 4.69) is 27.8 Å². The van der Waals surface area contributed by atoms with Gasteiger partial charge in [0.05, 0.1) is 5.69 Å². The van der Waals surface area contributed by atoms with Crippen molar-refractivity contribution in [3.05, 3.63) is 17.3 Å². The number of nitrogens with two attached hydrogens (primary N) is 1. The number of hydrogen-bond acceptors (Lipinski definition) is 4. The van der Waals surface area contributed by atoms with Crippen LogP contribution in [-0.4, -0.2) is 29.0 Å². The maximum atomic E-state index is 5.72. The first kappa shape index (κ1) is 11.0. The molecular weight excluding hydrogens is 232 g/mol. The molecule has 1 aliphatic rings. The number of imidazole rings is 1. The second-order valence-electron chi connectivity index (χ2n) is 4.82. The maximum absolute atomic E-state index is 5.72. The predicted octanol–water partition coefficient (Wildman–Crippen LogP) is 1.74. The molecule has 2 N–H and O–H groups in total. The zero-order chi connectivity index (χ0) is 11.8. The van der Waals surface area contributed by atoms with E-state index in [-0.39, 0.29) is 0 Å². The second-order valence-corrected chi connectivity index (χ2v) is 5.69. The van der Waals surface area contributed by atoms with E-state index in [4.69, 9.17) is 10.7 Å². The van der Waals surface area contributed by atoms with E-state index in [0.29, 0.717) is 6.54 Å². The normalized spacial score (nSPS) is 20.6. The average Bonchev–Trinajstić information content (AvgIpc) is 2.95. The fraction of sp³-hybridized carbons (Fsp3) is 0.583. The van der Waals surface area contributed by atoms with Gasteiger partial charge in [0, 0.05) is 31.1 Å². The number of anilines is 1. The van der Waals surface area contributed by atoms with Crippen LogP contribution < -0.4 is 10.6 Å². The summed E-state index contributed by atoms with van der Waals surface area (Å²) in [5.41, 5.74) is 6.99. The van der Waals surface area contributed by atoms with Gasteiger partial charge in [-0.25, -0.2) is 4.98 Å². The molecule has 1 unspecified atom stereocenters. The molecule has 0 bridgehead atoms. The Kier molecular flexibility index (Phi) is 2.80. The first-order valence-corrected chi connectivity index (χ1v) is 7.07. The van der Waals surface area contributed by atoms with Gasteiger partial charge in [0.25, 0.3) is 0 Å². The molecule has 3 heterocycles. The lowest BCUT2D eigenvalue weighted by Gasteiger charge is -2.16. The highest BCUT2D eigenvalue weighted by atomic mass is 32.1. The zero-order valence-electron chi connectivity index (χ0n) is 10.1. The lowest BCUT2D eigenvalue weighted by atomic mass is 10.2. The Hall–Kier alpha value is -1.07. The van der Waals surface area contributed by atoms with Crippen LogP contribution >= 0.6 is 11.3 Å². The molecule has 0 amide bonds. The zero-order valence-corrected chi connectivity index (χ0v) is 10.9. The van der Waals surface area contributed by atoms with Gasteiger partial charge in [0.2, 0.25) is 0 Å². The van der Waals surface area contributed by atoms with E-state index in [0.717, 1.165) is 36.2 Å². The topological polar surface area (TPSA) is 46.6 Å². The maximum Gasteiger partial charge on any atom is 0.195 e. The third kappa shape index (κ3) is 1.83. The third-order valence-corrected chi connectivity index (χ3v) is 4.20. The Morgan fingerprint density at radius 2 is 2.47 bits per heavy atom. The van der Waals surface area contributed by atoms with Gasteiger partial charge < -0.3 is 10.6 Å². The molecule has 1 aliphatic heterocycles. The minimum Gasteiger partial charge on any atom is -0.355 e. The van der Waals surface area contributed by atoms with E-state index in [9.17, 15) is 0 Å². The molecule has 1 fully saturated rings. The fourth-order valence-corrected chi connectivity index (χ4v) is 3.30. The summed E-state index contributed by atoms with van der Waals surface area (Å²) < 4.78 is 2.19. The molecule has 4 nitrogen and oxygen atoms in total. The van der Waals surface area contributed by atoms with Gasteiger partial charge in [-0.15, -0.1) is 11.3 Å². The number of nitrogens with zero attached hydrogens (tertiary/aromatic N) is 3. The van der Waals surface area contributed by atoms with Crippen molar-refractivity contribution in [3.63, 3.8) is 0 Å². The molecule has 1 atom stereocenters. The molecule has 0 aliphatic carbocycles. The molecule has 92 valence electrons. The third-order valence-electron chi connectivity index (χ3n) is 3.44. The van der Waals surface area contributed by atoms with Crippen molar-refractivity contribution in [2.75, 3.05) is 24.5 Å². The van der Waals surface area contributed by atoms with Gasteiger partial charge in [-0.1, -0.05) is 6.92 Å². The summed E-state index contributed by atoms with van der Waals surface area (Å²) in [7, 11) is 0. The Morgan fingerprint density at radius 3 is 3.18 bits per heavy atom. The Labute approximate surface area is 105 Å². The van der Waals surface area contributed by atoms with Gasteiger partial charge in [0.1, 0.15) is 0 Å². The molecule has 2 aromatic rings. The lowest BCUT2D eigenvalue weighted by Crippen LogP contribution is -2.21. The molecule has 5 heteroatoms. The number of fused-ring (bicyclic) bond motifs is 1. The SMILES string of the molecule is CC1CCN(c2nc3sccn3c2CCN)C1. The van der Waals surface area contributed by atoms with Crippen molar-refractivity contribution in [1.29, 1.82) is 0 Å². The highest BCUT2D eigenvalue weighted by Crippen LogP contribution is 2.29. The Bertz CT molecular complexity index is 516.